The summed E-state index contributed by atoms with van der Waals surface area (Å²) in [6, 6.07) is 5.15. The standard InChI is InChI=1S/C27H30F3N3O6S/c1-4-38-24(35)16-10-12-32(13-11-16)20(34)14-17-15-40-26-31-23(27(28,29)30)21(25(36)39-5-2)22(33(17)26)18-8-6-7-9-19(18)37-3/h6-9,15-16,22H,4-5,10-14H2,1-3H3. The van der Waals surface area contributed by atoms with E-state index < -0.39 is 29.5 Å². The van der Waals surface area contributed by atoms with E-state index >= 15 is 0 Å². The molecule has 1 unspecified atom stereocenters. The highest BCUT2D eigenvalue weighted by atomic mass is 32.2. The number of likely N-dealkylation sites (tertiary alicyclic amines) is 1. The lowest BCUT2D eigenvalue weighted by Gasteiger charge is -2.38. The lowest BCUT2D eigenvalue weighted by atomic mass is 9.92. The van der Waals surface area contributed by atoms with Crippen molar-refractivity contribution < 1.29 is 41.8 Å². The van der Waals surface area contributed by atoms with Crippen molar-refractivity contribution in [3.8, 4) is 5.75 Å². The Kier molecular flexibility index (Phi) is 9.12. The van der Waals surface area contributed by atoms with E-state index in [9.17, 15) is 27.6 Å². The Labute approximate surface area is 234 Å². The second-order valence-corrected chi connectivity index (χ2v) is 10.0. The van der Waals surface area contributed by atoms with Crippen molar-refractivity contribution in [2.45, 2.75) is 45.3 Å². The van der Waals surface area contributed by atoms with Crippen LogP contribution in [0.15, 0.2) is 51.6 Å². The van der Waals surface area contributed by atoms with Gasteiger partial charge in [0.15, 0.2) is 10.9 Å². The first-order valence-corrected chi connectivity index (χ1v) is 13.8. The summed E-state index contributed by atoms with van der Waals surface area (Å²) >= 11 is 0.947. The van der Waals surface area contributed by atoms with Gasteiger partial charge < -0.3 is 24.0 Å². The minimum absolute atomic E-state index is 0.0138. The number of esters is 2. The van der Waals surface area contributed by atoms with E-state index in [-0.39, 0.29) is 48.3 Å². The first-order valence-electron chi connectivity index (χ1n) is 12.9. The topological polar surface area (TPSA) is 97.7 Å². The molecule has 0 aromatic heterocycles. The first kappa shape index (κ1) is 29.5. The fourth-order valence-corrected chi connectivity index (χ4v) is 5.89. The number of alkyl halides is 3. The molecule has 0 saturated carbocycles. The molecule has 0 aliphatic carbocycles. The average Bonchev–Trinajstić information content (AvgIpc) is 3.34. The molecule has 3 aliphatic heterocycles. The van der Waals surface area contributed by atoms with E-state index in [0.717, 1.165) is 11.8 Å². The maximum atomic E-state index is 14.3. The number of thioether (sulfide) groups is 1. The molecule has 1 aromatic carbocycles. The number of piperidine rings is 1. The van der Waals surface area contributed by atoms with Crippen LogP contribution < -0.4 is 4.74 Å². The highest BCUT2D eigenvalue weighted by Crippen LogP contribution is 2.49. The van der Waals surface area contributed by atoms with Gasteiger partial charge in [-0.3, -0.25) is 9.59 Å². The Balaban J connectivity index is 1.67. The van der Waals surface area contributed by atoms with E-state index in [0.29, 0.717) is 37.2 Å². The number of ether oxygens (including phenoxy) is 3. The van der Waals surface area contributed by atoms with Crippen LogP contribution in [0.2, 0.25) is 0 Å². The van der Waals surface area contributed by atoms with Crippen molar-refractivity contribution in [3.05, 3.63) is 52.2 Å². The number of rotatable bonds is 8. The Hall–Kier alpha value is -3.48. The molecule has 1 fully saturated rings. The fraction of sp³-hybridized carbons (Fsp3) is 0.481. The number of methoxy groups -OCH3 is 1. The maximum Gasteiger partial charge on any atom is 0.434 e. The largest absolute Gasteiger partial charge is 0.496 e. The summed E-state index contributed by atoms with van der Waals surface area (Å²) in [5.41, 5.74) is -1.35. The zero-order valence-electron chi connectivity index (χ0n) is 22.3. The highest BCUT2D eigenvalue weighted by molar-refractivity contribution is 8.16. The minimum atomic E-state index is -4.94. The second-order valence-electron chi connectivity index (χ2n) is 9.20. The second kappa shape index (κ2) is 12.4. The molecule has 3 aliphatic rings. The Bertz CT molecular complexity index is 1250. The van der Waals surface area contributed by atoms with Crippen LogP contribution in [0.5, 0.6) is 5.75 Å². The number of aliphatic imine (C=N–C) groups is 1. The molecule has 1 saturated heterocycles. The number of fused-ring (bicyclic) bond motifs is 1. The number of carbonyl (C=O) groups excluding carboxylic acids is 3. The van der Waals surface area contributed by atoms with Gasteiger partial charge in [-0.2, -0.15) is 13.2 Å². The van der Waals surface area contributed by atoms with Crippen molar-refractivity contribution in [2.24, 2.45) is 10.9 Å². The summed E-state index contributed by atoms with van der Waals surface area (Å²) in [5.74, 6) is -1.70. The van der Waals surface area contributed by atoms with Crippen LogP contribution in [0.4, 0.5) is 13.2 Å². The summed E-state index contributed by atoms with van der Waals surface area (Å²) in [4.78, 5) is 45.4. The molecule has 1 amide bonds. The van der Waals surface area contributed by atoms with Crippen LogP contribution in [-0.4, -0.2) is 72.4 Å². The Morgan fingerprint density at radius 1 is 1.07 bits per heavy atom. The number of allylic oxidation sites excluding steroid dienone is 1. The molecule has 0 radical (unpaired) electrons. The van der Waals surface area contributed by atoms with Gasteiger partial charge in [-0.1, -0.05) is 30.0 Å². The van der Waals surface area contributed by atoms with Gasteiger partial charge in [0.05, 0.1) is 44.3 Å². The monoisotopic (exact) mass is 581 g/mol. The van der Waals surface area contributed by atoms with Crippen molar-refractivity contribution in [1.82, 2.24) is 9.80 Å². The number of carbonyl (C=O) groups is 3. The van der Waals surface area contributed by atoms with Crippen LogP contribution in [0.25, 0.3) is 0 Å². The molecule has 13 heteroatoms. The summed E-state index contributed by atoms with van der Waals surface area (Å²) in [6.07, 6.45) is -4.16. The predicted octanol–water partition coefficient (Wildman–Crippen LogP) is 4.57. The van der Waals surface area contributed by atoms with E-state index in [1.807, 2.05) is 0 Å². The van der Waals surface area contributed by atoms with Crippen molar-refractivity contribution in [2.75, 3.05) is 33.4 Å². The lowest BCUT2D eigenvalue weighted by Crippen LogP contribution is -2.43. The normalized spacial score (nSPS) is 19.6. The van der Waals surface area contributed by atoms with Gasteiger partial charge >= 0.3 is 18.1 Å². The van der Waals surface area contributed by atoms with Gasteiger partial charge in [-0.05, 0) is 38.2 Å². The van der Waals surface area contributed by atoms with E-state index in [1.54, 1.807) is 41.5 Å². The smallest absolute Gasteiger partial charge is 0.434 e. The number of benzene rings is 1. The third kappa shape index (κ3) is 5.98. The molecular formula is C27H30F3N3O6S. The molecular weight excluding hydrogens is 551 g/mol. The summed E-state index contributed by atoms with van der Waals surface area (Å²) in [7, 11) is 1.38. The molecule has 0 bridgehead atoms. The summed E-state index contributed by atoms with van der Waals surface area (Å²) in [5, 5.41) is 1.56. The fourth-order valence-electron chi connectivity index (χ4n) is 4.97. The van der Waals surface area contributed by atoms with Crippen molar-refractivity contribution in [3.63, 3.8) is 0 Å². The summed E-state index contributed by atoms with van der Waals surface area (Å²) < 4.78 is 58.4. The van der Waals surface area contributed by atoms with Crippen molar-refractivity contribution >= 4 is 34.8 Å². The summed E-state index contributed by atoms with van der Waals surface area (Å²) in [6.45, 7) is 4.09. The van der Waals surface area contributed by atoms with Crippen molar-refractivity contribution in [1.29, 1.82) is 0 Å². The molecule has 9 nitrogen and oxygen atoms in total. The van der Waals surface area contributed by atoms with Gasteiger partial charge in [0.25, 0.3) is 0 Å². The minimum Gasteiger partial charge on any atom is -0.496 e. The average molecular weight is 582 g/mol. The zero-order chi connectivity index (χ0) is 29.0. The van der Waals surface area contributed by atoms with Gasteiger partial charge in [0.1, 0.15) is 5.75 Å². The lowest BCUT2D eigenvalue weighted by molar-refractivity contribution is -0.151. The number of para-hydroxylation sites is 1. The quantitative estimate of drug-likeness (QED) is 0.412. The Morgan fingerprint density at radius 2 is 1.75 bits per heavy atom. The number of amides is 1. The van der Waals surface area contributed by atoms with Gasteiger partial charge in [-0.15, -0.1) is 0 Å². The molecule has 1 aromatic rings. The molecule has 40 heavy (non-hydrogen) atoms. The molecule has 4 rings (SSSR count). The molecule has 1 atom stereocenters. The van der Waals surface area contributed by atoms with Crippen LogP contribution in [-0.2, 0) is 23.9 Å². The van der Waals surface area contributed by atoms with Crippen LogP contribution in [0.3, 0.4) is 0 Å². The van der Waals surface area contributed by atoms with Crippen LogP contribution in [0, 0.1) is 5.92 Å². The van der Waals surface area contributed by atoms with Crippen LogP contribution in [0.1, 0.15) is 44.7 Å². The number of halogens is 3. The first-order chi connectivity index (χ1) is 19.1. The highest BCUT2D eigenvalue weighted by Gasteiger charge is 2.50. The SMILES string of the molecule is CCOC(=O)C1=C(C(F)(F)F)N=C2SC=C(CC(=O)N3CCC(C(=O)OCC)CC3)N2C1c1ccccc1OC. The van der Waals surface area contributed by atoms with E-state index in [1.165, 1.54) is 18.9 Å². The third-order valence-corrected chi connectivity index (χ3v) is 7.70. The zero-order valence-corrected chi connectivity index (χ0v) is 23.1. The molecule has 0 spiro atoms. The Morgan fingerprint density at radius 3 is 2.38 bits per heavy atom. The van der Waals surface area contributed by atoms with E-state index in [2.05, 4.69) is 4.99 Å². The van der Waals surface area contributed by atoms with Gasteiger partial charge in [-0.25, -0.2) is 9.79 Å². The number of hydrogen-bond donors (Lipinski definition) is 0. The van der Waals surface area contributed by atoms with E-state index in [4.69, 9.17) is 14.2 Å². The van der Waals surface area contributed by atoms with Gasteiger partial charge in [0.2, 0.25) is 5.91 Å². The molecule has 216 valence electrons. The molecule has 0 N–H and O–H groups in total. The number of amidine groups is 1. The molecule has 3 heterocycles. The predicted molar refractivity (Wildman–Crippen MR) is 141 cm³/mol. The van der Waals surface area contributed by atoms with Crippen LogP contribution >= 0.6 is 11.8 Å². The maximum absolute atomic E-state index is 14.3. The number of nitrogens with zero attached hydrogens (tertiary/aromatic N) is 3. The van der Waals surface area contributed by atoms with Gasteiger partial charge in [0, 0.05) is 24.4 Å². The number of hydrogen-bond acceptors (Lipinski definition) is 9. The third-order valence-electron chi connectivity index (χ3n) is 6.81.